The molecule has 0 atom stereocenters. The van der Waals surface area contributed by atoms with Crippen molar-refractivity contribution in [3.8, 4) is 0 Å². The lowest BCUT2D eigenvalue weighted by Crippen LogP contribution is -2.45. The van der Waals surface area contributed by atoms with Crippen LogP contribution in [0, 0.1) is 0 Å². The van der Waals surface area contributed by atoms with Crippen molar-refractivity contribution in [2.75, 3.05) is 39.4 Å². The van der Waals surface area contributed by atoms with Crippen LogP contribution >= 0.6 is 35.6 Å². The van der Waals surface area contributed by atoms with Crippen molar-refractivity contribution in [2.24, 2.45) is 10.7 Å². The molecule has 0 unspecified atom stereocenters. The lowest BCUT2D eigenvalue weighted by Gasteiger charge is -2.27. The van der Waals surface area contributed by atoms with Gasteiger partial charge in [-0.1, -0.05) is 23.7 Å². The number of amides is 1. The van der Waals surface area contributed by atoms with Crippen molar-refractivity contribution in [1.82, 2.24) is 10.2 Å². The smallest absolute Gasteiger partial charge is 0.252 e. The van der Waals surface area contributed by atoms with E-state index in [1.807, 2.05) is 4.90 Å². The second kappa shape index (κ2) is 9.86. The number of hydrogen-bond donors (Lipinski definition) is 2. The van der Waals surface area contributed by atoms with E-state index in [0.29, 0.717) is 42.8 Å². The van der Waals surface area contributed by atoms with Crippen LogP contribution in [0.2, 0.25) is 5.02 Å². The number of nitrogens with one attached hydrogen (secondary N) is 1. The summed E-state index contributed by atoms with van der Waals surface area (Å²) >= 11 is 5.96. The van der Waals surface area contributed by atoms with Crippen molar-refractivity contribution < 1.29 is 9.53 Å². The summed E-state index contributed by atoms with van der Waals surface area (Å²) < 4.78 is 5.25. The normalized spacial score (nSPS) is 15.1. The maximum atomic E-state index is 11.9. The van der Waals surface area contributed by atoms with E-state index >= 15 is 0 Å². The summed E-state index contributed by atoms with van der Waals surface area (Å²) in [7, 11) is 0. The average Bonchev–Trinajstić information content (AvgIpc) is 2.52. The fourth-order valence-electron chi connectivity index (χ4n) is 1.97. The molecule has 0 saturated carbocycles. The van der Waals surface area contributed by atoms with Gasteiger partial charge in [0.1, 0.15) is 0 Å². The second-order valence-corrected chi connectivity index (χ2v) is 4.98. The van der Waals surface area contributed by atoms with Crippen LogP contribution in [-0.2, 0) is 4.74 Å². The van der Waals surface area contributed by atoms with Gasteiger partial charge in [-0.25, -0.2) is 0 Å². The number of carbonyl (C=O) groups is 1. The van der Waals surface area contributed by atoms with Gasteiger partial charge in [0.05, 0.1) is 30.3 Å². The number of guanidine groups is 1. The fraction of sp³-hybridized carbons (Fsp3) is 0.429. The molecule has 0 radical (unpaired) electrons. The second-order valence-electron chi connectivity index (χ2n) is 4.58. The zero-order valence-electron chi connectivity index (χ0n) is 12.1. The number of morpholine rings is 1. The van der Waals surface area contributed by atoms with Crippen molar-refractivity contribution in [2.45, 2.75) is 0 Å². The molecule has 1 fully saturated rings. The Kier molecular flexibility index (Phi) is 8.51. The lowest BCUT2D eigenvalue weighted by atomic mass is 10.2. The maximum Gasteiger partial charge on any atom is 0.252 e. The predicted molar refractivity (Wildman–Crippen MR) is 98.1 cm³/mol. The number of carbonyl (C=O) groups excluding carboxylic acids is 1. The third-order valence-electron chi connectivity index (χ3n) is 3.12. The lowest BCUT2D eigenvalue weighted by molar-refractivity contribution is 0.0674. The highest BCUT2D eigenvalue weighted by Gasteiger charge is 2.12. The molecule has 1 aliphatic heterocycles. The summed E-state index contributed by atoms with van der Waals surface area (Å²) in [5.41, 5.74) is 6.35. The van der Waals surface area contributed by atoms with Crippen LogP contribution < -0.4 is 11.1 Å². The molecule has 6 nitrogen and oxygen atoms in total. The fourth-order valence-corrected chi connectivity index (χ4v) is 2.19. The highest BCUT2D eigenvalue weighted by atomic mass is 127. The van der Waals surface area contributed by atoms with Gasteiger partial charge >= 0.3 is 0 Å². The van der Waals surface area contributed by atoms with E-state index in [0.717, 1.165) is 13.1 Å². The molecule has 22 heavy (non-hydrogen) atoms. The SMILES string of the molecule is I.NC(=NCCNC(=O)c1ccccc1Cl)N1CCOCC1. The van der Waals surface area contributed by atoms with Gasteiger partial charge in [0.25, 0.3) is 5.91 Å². The molecule has 0 bridgehead atoms. The zero-order valence-corrected chi connectivity index (χ0v) is 15.2. The molecule has 1 saturated heterocycles. The van der Waals surface area contributed by atoms with Gasteiger partial charge in [-0.2, -0.15) is 0 Å². The van der Waals surface area contributed by atoms with Crippen LogP contribution in [0.4, 0.5) is 0 Å². The summed E-state index contributed by atoms with van der Waals surface area (Å²) in [6, 6.07) is 6.93. The summed E-state index contributed by atoms with van der Waals surface area (Å²) in [4.78, 5) is 18.1. The zero-order chi connectivity index (χ0) is 15.1. The third kappa shape index (κ3) is 5.62. The molecule has 8 heteroatoms. The van der Waals surface area contributed by atoms with Gasteiger partial charge in [0, 0.05) is 19.6 Å². The molecule has 1 aromatic carbocycles. The molecule has 1 aromatic rings. The molecule has 1 aliphatic rings. The Hall–Kier alpha value is -1.06. The standard InChI is InChI=1S/C14H19ClN4O2.HI/c15-12-4-2-1-3-11(12)13(20)17-5-6-18-14(16)19-7-9-21-10-8-19;/h1-4H,5-10H2,(H2,16,18)(H,17,20);1H. The highest BCUT2D eigenvalue weighted by molar-refractivity contribution is 14.0. The van der Waals surface area contributed by atoms with Crippen LogP contribution in [0.5, 0.6) is 0 Å². The molecular weight excluding hydrogens is 419 g/mol. The first-order valence-electron chi connectivity index (χ1n) is 6.84. The quantitative estimate of drug-likeness (QED) is 0.322. The minimum Gasteiger partial charge on any atom is -0.378 e. The molecule has 1 heterocycles. The van der Waals surface area contributed by atoms with Crippen molar-refractivity contribution in [3.05, 3.63) is 34.9 Å². The van der Waals surface area contributed by atoms with Crippen LogP contribution in [0.3, 0.4) is 0 Å². The van der Waals surface area contributed by atoms with Crippen LogP contribution in [-0.4, -0.2) is 56.2 Å². The Morgan fingerprint density at radius 2 is 2.05 bits per heavy atom. The van der Waals surface area contributed by atoms with E-state index in [2.05, 4.69) is 10.3 Å². The van der Waals surface area contributed by atoms with Gasteiger partial charge in [0.15, 0.2) is 5.96 Å². The van der Waals surface area contributed by atoms with E-state index in [1.165, 1.54) is 0 Å². The van der Waals surface area contributed by atoms with Crippen molar-refractivity contribution in [1.29, 1.82) is 0 Å². The summed E-state index contributed by atoms with van der Waals surface area (Å²) in [6.45, 7) is 3.68. The van der Waals surface area contributed by atoms with E-state index in [9.17, 15) is 4.79 Å². The van der Waals surface area contributed by atoms with E-state index in [1.54, 1.807) is 24.3 Å². The summed E-state index contributed by atoms with van der Waals surface area (Å²) in [5, 5.41) is 3.21. The molecule has 0 aliphatic carbocycles. The first-order valence-corrected chi connectivity index (χ1v) is 7.21. The number of halogens is 2. The van der Waals surface area contributed by atoms with Gasteiger partial charge in [-0.15, -0.1) is 24.0 Å². The molecule has 122 valence electrons. The number of rotatable bonds is 4. The topological polar surface area (TPSA) is 79.9 Å². The number of hydrogen-bond acceptors (Lipinski definition) is 3. The van der Waals surface area contributed by atoms with Crippen molar-refractivity contribution in [3.63, 3.8) is 0 Å². The number of nitrogens with two attached hydrogens (primary N) is 1. The maximum absolute atomic E-state index is 11.9. The molecule has 0 aromatic heterocycles. The minimum atomic E-state index is -0.208. The minimum absolute atomic E-state index is 0. The third-order valence-corrected chi connectivity index (χ3v) is 3.45. The Labute approximate surface area is 152 Å². The highest BCUT2D eigenvalue weighted by Crippen LogP contribution is 2.14. The molecule has 1 amide bonds. The Bertz CT molecular complexity index is 521. The van der Waals surface area contributed by atoms with Crippen LogP contribution in [0.1, 0.15) is 10.4 Å². The average molecular weight is 439 g/mol. The van der Waals surface area contributed by atoms with E-state index < -0.39 is 0 Å². The largest absolute Gasteiger partial charge is 0.378 e. The molecule has 2 rings (SSSR count). The first kappa shape index (κ1) is 19.0. The van der Waals surface area contributed by atoms with Crippen LogP contribution in [0.15, 0.2) is 29.3 Å². The number of aliphatic imine (C=N–C) groups is 1. The Balaban J connectivity index is 0.00000242. The number of ether oxygens (including phenoxy) is 1. The monoisotopic (exact) mass is 438 g/mol. The Morgan fingerprint density at radius 3 is 2.73 bits per heavy atom. The van der Waals surface area contributed by atoms with Gasteiger partial charge in [-0.05, 0) is 12.1 Å². The molecular formula is C14H20ClIN4O2. The summed E-state index contributed by atoms with van der Waals surface area (Å²) in [6.07, 6.45) is 0. The predicted octanol–water partition coefficient (Wildman–Crippen LogP) is 1.33. The van der Waals surface area contributed by atoms with E-state index in [4.69, 9.17) is 22.1 Å². The van der Waals surface area contributed by atoms with Gasteiger partial charge in [-0.3, -0.25) is 9.79 Å². The molecule has 0 spiro atoms. The van der Waals surface area contributed by atoms with Gasteiger partial charge < -0.3 is 20.7 Å². The Morgan fingerprint density at radius 1 is 1.36 bits per heavy atom. The van der Waals surface area contributed by atoms with Crippen molar-refractivity contribution >= 4 is 47.4 Å². The van der Waals surface area contributed by atoms with Gasteiger partial charge in [0.2, 0.25) is 0 Å². The summed E-state index contributed by atoms with van der Waals surface area (Å²) in [5.74, 6) is 0.283. The van der Waals surface area contributed by atoms with Crippen LogP contribution in [0.25, 0.3) is 0 Å². The van der Waals surface area contributed by atoms with E-state index in [-0.39, 0.29) is 29.9 Å². The molecule has 3 N–H and O–H groups in total. The first-order chi connectivity index (χ1) is 10.2. The number of benzene rings is 1. The number of nitrogens with zero attached hydrogens (tertiary/aromatic N) is 2.